The number of urea groups is 1. The maximum Gasteiger partial charge on any atom is 0.317 e. The summed E-state index contributed by atoms with van der Waals surface area (Å²) in [5.74, 6) is -0.129. The first-order chi connectivity index (χ1) is 12.5. The predicted molar refractivity (Wildman–Crippen MR) is 104 cm³/mol. The molecular formula is C20H24N4O2. The molecule has 0 spiro atoms. The lowest BCUT2D eigenvalue weighted by atomic mass is 10.0. The number of carbonyl (C=O) groups is 2. The zero-order valence-electron chi connectivity index (χ0n) is 15.2. The molecule has 6 nitrogen and oxygen atoms in total. The van der Waals surface area contributed by atoms with Crippen LogP contribution in [0.1, 0.15) is 10.4 Å². The van der Waals surface area contributed by atoms with Gasteiger partial charge in [-0.1, -0.05) is 24.3 Å². The van der Waals surface area contributed by atoms with Crippen LogP contribution in [0.2, 0.25) is 0 Å². The second-order valence-electron chi connectivity index (χ2n) is 6.50. The fourth-order valence-corrected chi connectivity index (χ4v) is 2.93. The lowest BCUT2D eigenvalue weighted by Crippen LogP contribution is -2.36. The minimum absolute atomic E-state index is 0.0676. The normalized spacial score (nSPS) is 13.5. The Hall–Kier alpha value is -3.02. The molecule has 0 aliphatic carbocycles. The molecule has 0 bridgehead atoms. The first-order valence-electron chi connectivity index (χ1n) is 8.73. The van der Waals surface area contributed by atoms with Gasteiger partial charge in [-0.05, 0) is 35.4 Å². The van der Waals surface area contributed by atoms with Crippen molar-refractivity contribution >= 4 is 17.6 Å². The monoisotopic (exact) mass is 352 g/mol. The highest BCUT2D eigenvalue weighted by Crippen LogP contribution is 2.24. The van der Waals surface area contributed by atoms with Gasteiger partial charge in [0.2, 0.25) is 0 Å². The molecular weight excluding hydrogens is 328 g/mol. The van der Waals surface area contributed by atoms with E-state index in [4.69, 9.17) is 0 Å². The van der Waals surface area contributed by atoms with E-state index >= 15 is 0 Å². The van der Waals surface area contributed by atoms with Crippen LogP contribution in [0.25, 0.3) is 11.1 Å². The molecule has 0 atom stereocenters. The van der Waals surface area contributed by atoms with E-state index in [1.807, 2.05) is 44.4 Å². The molecule has 136 valence electrons. The summed E-state index contributed by atoms with van der Waals surface area (Å²) in [6.07, 6.45) is 0. The minimum Gasteiger partial charge on any atom is -0.378 e. The smallest absolute Gasteiger partial charge is 0.317 e. The summed E-state index contributed by atoms with van der Waals surface area (Å²) in [4.78, 5) is 27.7. The zero-order chi connectivity index (χ0) is 18.5. The molecule has 3 amide bonds. The van der Waals surface area contributed by atoms with Crippen molar-refractivity contribution in [1.29, 1.82) is 0 Å². The highest BCUT2D eigenvalue weighted by atomic mass is 16.2. The summed E-state index contributed by atoms with van der Waals surface area (Å²) in [6.45, 7) is 2.31. The minimum atomic E-state index is -0.129. The number of amides is 3. The molecule has 0 unspecified atom stereocenters. The van der Waals surface area contributed by atoms with Crippen LogP contribution in [0.4, 0.5) is 10.5 Å². The van der Waals surface area contributed by atoms with E-state index in [0.717, 1.165) is 16.8 Å². The number of nitrogens with zero attached hydrogens (tertiary/aromatic N) is 2. The number of benzene rings is 2. The van der Waals surface area contributed by atoms with Crippen molar-refractivity contribution in [2.45, 2.75) is 0 Å². The van der Waals surface area contributed by atoms with Crippen LogP contribution in [0.5, 0.6) is 0 Å². The van der Waals surface area contributed by atoms with Crippen molar-refractivity contribution in [2.24, 2.45) is 0 Å². The second-order valence-corrected chi connectivity index (χ2v) is 6.50. The fraction of sp³-hybridized carbons (Fsp3) is 0.300. The Labute approximate surface area is 153 Å². The molecule has 26 heavy (non-hydrogen) atoms. The number of nitrogens with one attached hydrogen (secondary N) is 2. The van der Waals surface area contributed by atoms with Gasteiger partial charge in [-0.25, -0.2) is 4.79 Å². The molecule has 1 saturated heterocycles. The first kappa shape index (κ1) is 17.8. The van der Waals surface area contributed by atoms with Crippen LogP contribution in [0.3, 0.4) is 0 Å². The molecule has 1 aliphatic rings. The van der Waals surface area contributed by atoms with E-state index in [0.29, 0.717) is 31.7 Å². The molecule has 0 saturated carbocycles. The van der Waals surface area contributed by atoms with Gasteiger partial charge in [0.25, 0.3) is 5.91 Å². The van der Waals surface area contributed by atoms with Gasteiger partial charge in [0.05, 0.1) is 0 Å². The van der Waals surface area contributed by atoms with Gasteiger partial charge in [0, 0.05) is 51.5 Å². The highest BCUT2D eigenvalue weighted by Gasteiger charge is 2.18. The largest absolute Gasteiger partial charge is 0.378 e. The van der Waals surface area contributed by atoms with Crippen molar-refractivity contribution in [2.75, 3.05) is 45.2 Å². The Bertz CT molecular complexity index is 804. The Morgan fingerprint density at radius 3 is 2.58 bits per heavy atom. The highest BCUT2D eigenvalue weighted by molar-refractivity contribution is 5.95. The SMILES string of the molecule is CN(C)c1cccc(-c2cccc(C(=O)NCCN3CCNC3=O)c2)c1. The summed E-state index contributed by atoms with van der Waals surface area (Å²) in [5.41, 5.74) is 3.80. The predicted octanol–water partition coefficient (Wildman–Crippen LogP) is 2.17. The summed E-state index contributed by atoms with van der Waals surface area (Å²) in [7, 11) is 4.01. The molecule has 1 heterocycles. The third-order valence-electron chi connectivity index (χ3n) is 4.43. The maximum atomic E-state index is 12.4. The van der Waals surface area contributed by atoms with Crippen LogP contribution in [0.15, 0.2) is 48.5 Å². The number of hydrogen-bond acceptors (Lipinski definition) is 3. The van der Waals surface area contributed by atoms with Crippen LogP contribution < -0.4 is 15.5 Å². The summed E-state index contributed by atoms with van der Waals surface area (Å²) >= 11 is 0. The Balaban J connectivity index is 1.65. The number of rotatable bonds is 6. The van der Waals surface area contributed by atoms with Crippen LogP contribution in [0, 0.1) is 0 Å². The van der Waals surface area contributed by atoms with E-state index in [1.165, 1.54) is 0 Å². The van der Waals surface area contributed by atoms with Crippen LogP contribution >= 0.6 is 0 Å². The number of carbonyl (C=O) groups excluding carboxylic acids is 2. The Kier molecular flexibility index (Phi) is 5.41. The Morgan fingerprint density at radius 1 is 1.15 bits per heavy atom. The topological polar surface area (TPSA) is 64.7 Å². The van der Waals surface area contributed by atoms with Gasteiger partial charge < -0.3 is 20.4 Å². The fourth-order valence-electron chi connectivity index (χ4n) is 2.93. The van der Waals surface area contributed by atoms with Crippen molar-refractivity contribution in [3.05, 3.63) is 54.1 Å². The second kappa shape index (κ2) is 7.91. The van der Waals surface area contributed by atoms with E-state index < -0.39 is 0 Å². The average Bonchev–Trinajstić information content (AvgIpc) is 3.07. The van der Waals surface area contributed by atoms with Crippen molar-refractivity contribution < 1.29 is 9.59 Å². The summed E-state index contributed by atoms with van der Waals surface area (Å²) < 4.78 is 0. The van der Waals surface area contributed by atoms with Crippen molar-refractivity contribution in [1.82, 2.24) is 15.5 Å². The third-order valence-corrected chi connectivity index (χ3v) is 4.43. The Morgan fingerprint density at radius 2 is 1.88 bits per heavy atom. The van der Waals surface area contributed by atoms with Crippen molar-refractivity contribution in [3.63, 3.8) is 0 Å². The molecule has 1 aliphatic heterocycles. The zero-order valence-corrected chi connectivity index (χ0v) is 15.2. The van der Waals surface area contributed by atoms with Gasteiger partial charge in [0.15, 0.2) is 0 Å². The van der Waals surface area contributed by atoms with E-state index in [9.17, 15) is 9.59 Å². The molecule has 3 rings (SSSR count). The van der Waals surface area contributed by atoms with E-state index in [1.54, 1.807) is 11.0 Å². The quantitative estimate of drug-likeness (QED) is 0.837. The molecule has 0 radical (unpaired) electrons. The van der Waals surface area contributed by atoms with Gasteiger partial charge >= 0.3 is 6.03 Å². The lowest BCUT2D eigenvalue weighted by Gasteiger charge is -2.15. The lowest BCUT2D eigenvalue weighted by molar-refractivity contribution is 0.0950. The molecule has 2 aromatic carbocycles. The molecule has 6 heteroatoms. The van der Waals surface area contributed by atoms with Crippen LogP contribution in [-0.2, 0) is 0 Å². The van der Waals surface area contributed by atoms with Gasteiger partial charge in [-0.2, -0.15) is 0 Å². The molecule has 0 aromatic heterocycles. The van der Waals surface area contributed by atoms with E-state index in [2.05, 4.69) is 27.7 Å². The van der Waals surface area contributed by atoms with Crippen LogP contribution in [-0.4, -0.2) is 57.1 Å². The van der Waals surface area contributed by atoms with Gasteiger partial charge in [-0.3, -0.25) is 4.79 Å². The third kappa shape index (κ3) is 4.14. The molecule has 2 N–H and O–H groups in total. The average molecular weight is 352 g/mol. The van der Waals surface area contributed by atoms with E-state index in [-0.39, 0.29) is 11.9 Å². The number of anilines is 1. The molecule has 1 fully saturated rings. The molecule has 2 aromatic rings. The van der Waals surface area contributed by atoms with Gasteiger partial charge in [-0.15, -0.1) is 0 Å². The van der Waals surface area contributed by atoms with Crippen molar-refractivity contribution in [3.8, 4) is 11.1 Å². The number of hydrogen-bond donors (Lipinski definition) is 2. The summed E-state index contributed by atoms with van der Waals surface area (Å²) in [5, 5.41) is 5.63. The summed E-state index contributed by atoms with van der Waals surface area (Å²) in [6, 6.07) is 15.7. The first-order valence-corrected chi connectivity index (χ1v) is 8.73. The maximum absolute atomic E-state index is 12.4. The van der Waals surface area contributed by atoms with Gasteiger partial charge in [0.1, 0.15) is 0 Å². The standard InChI is InChI=1S/C20H24N4O2/c1-23(2)18-8-4-6-16(14-18)15-5-3-7-17(13-15)19(25)21-9-11-24-12-10-22-20(24)26/h3-8,13-14H,9-12H2,1-2H3,(H,21,25)(H,22,26).